The lowest BCUT2D eigenvalue weighted by atomic mass is 10.2. The predicted octanol–water partition coefficient (Wildman–Crippen LogP) is 2.70. The number of halogens is 1. The van der Waals surface area contributed by atoms with E-state index in [-0.39, 0.29) is 0 Å². The molecule has 1 aromatic heterocycles. The quantitative estimate of drug-likeness (QED) is 0.889. The van der Waals surface area contributed by atoms with E-state index in [0.29, 0.717) is 22.4 Å². The predicted molar refractivity (Wildman–Crippen MR) is 68.2 cm³/mol. The highest BCUT2D eigenvalue weighted by molar-refractivity contribution is 6.30. The molecule has 0 fully saturated rings. The van der Waals surface area contributed by atoms with Crippen LogP contribution in [-0.2, 0) is 0 Å². The molecule has 0 amide bonds. The molecule has 4 nitrogen and oxygen atoms in total. The van der Waals surface area contributed by atoms with E-state index < -0.39 is 0 Å². The minimum absolute atomic E-state index is 0.425. The van der Waals surface area contributed by atoms with Crippen molar-refractivity contribution in [2.75, 3.05) is 12.8 Å². The van der Waals surface area contributed by atoms with Crippen LogP contribution in [0.25, 0.3) is 11.4 Å². The molecule has 2 aromatic rings. The Morgan fingerprint density at radius 3 is 2.65 bits per heavy atom. The minimum Gasteiger partial charge on any atom is -0.496 e. The van der Waals surface area contributed by atoms with E-state index in [4.69, 9.17) is 22.1 Å². The van der Waals surface area contributed by atoms with Crippen molar-refractivity contribution in [1.29, 1.82) is 0 Å². The first kappa shape index (κ1) is 11.7. The van der Waals surface area contributed by atoms with Crippen molar-refractivity contribution in [1.82, 2.24) is 9.97 Å². The molecule has 0 saturated carbocycles. The van der Waals surface area contributed by atoms with Crippen molar-refractivity contribution in [2.45, 2.75) is 6.92 Å². The van der Waals surface area contributed by atoms with Crippen LogP contribution >= 0.6 is 11.6 Å². The first-order valence-corrected chi connectivity index (χ1v) is 5.43. The molecule has 0 radical (unpaired) electrons. The van der Waals surface area contributed by atoms with Crippen molar-refractivity contribution >= 4 is 17.4 Å². The fraction of sp³-hybridized carbons (Fsp3) is 0.167. The largest absolute Gasteiger partial charge is 0.496 e. The van der Waals surface area contributed by atoms with Gasteiger partial charge in [0.15, 0.2) is 5.82 Å². The summed E-state index contributed by atoms with van der Waals surface area (Å²) in [4.78, 5) is 8.51. The molecule has 88 valence electrons. The van der Waals surface area contributed by atoms with Crippen LogP contribution in [0.2, 0.25) is 5.02 Å². The van der Waals surface area contributed by atoms with Gasteiger partial charge in [0.25, 0.3) is 0 Å². The number of hydrogen-bond acceptors (Lipinski definition) is 4. The van der Waals surface area contributed by atoms with Gasteiger partial charge in [-0.2, -0.15) is 0 Å². The number of methoxy groups -OCH3 is 1. The maximum absolute atomic E-state index is 5.96. The van der Waals surface area contributed by atoms with Crippen LogP contribution < -0.4 is 10.5 Å². The third-order valence-electron chi connectivity index (χ3n) is 2.28. The van der Waals surface area contributed by atoms with E-state index in [0.717, 1.165) is 11.3 Å². The summed E-state index contributed by atoms with van der Waals surface area (Å²) in [5.74, 6) is 1.61. The first-order chi connectivity index (χ1) is 8.10. The monoisotopic (exact) mass is 249 g/mol. The van der Waals surface area contributed by atoms with Gasteiger partial charge in [0.05, 0.1) is 12.7 Å². The number of aromatic nitrogens is 2. The summed E-state index contributed by atoms with van der Waals surface area (Å²) < 4.78 is 5.26. The zero-order chi connectivity index (χ0) is 12.4. The summed E-state index contributed by atoms with van der Waals surface area (Å²) in [6.07, 6.45) is 0. The van der Waals surface area contributed by atoms with E-state index >= 15 is 0 Å². The Bertz CT molecular complexity index is 537. The van der Waals surface area contributed by atoms with Crippen LogP contribution in [0, 0.1) is 6.92 Å². The normalized spacial score (nSPS) is 10.3. The highest BCUT2D eigenvalue weighted by atomic mass is 35.5. The number of hydrogen-bond donors (Lipinski definition) is 1. The summed E-state index contributed by atoms with van der Waals surface area (Å²) in [7, 11) is 1.59. The fourth-order valence-electron chi connectivity index (χ4n) is 1.57. The molecular weight excluding hydrogens is 238 g/mol. The molecule has 5 heteroatoms. The van der Waals surface area contributed by atoms with E-state index in [1.807, 2.05) is 6.92 Å². The molecule has 0 spiro atoms. The van der Waals surface area contributed by atoms with Crippen LogP contribution in [-0.4, -0.2) is 17.1 Å². The number of nitrogen functional groups attached to an aromatic ring is 1. The molecule has 0 atom stereocenters. The summed E-state index contributed by atoms with van der Waals surface area (Å²) in [5.41, 5.74) is 7.23. The Morgan fingerprint density at radius 1 is 1.24 bits per heavy atom. The van der Waals surface area contributed by atoms with E-state index in [2.05, 4.69) is 9.97 Å². The molecule has 2 N–H and O–H groups in total. The molecule has 0 aliphatic heterocycles. The van der Waals surface area contributed by atoms with Gasteiger partial charge in [-0.15, -0.1) is 0 Å². The number of aryl methyl sites for hydroxylation is 1. The molecule has 1 aromatic carbocycles. The molecule has 0 saturated heterocycles. The van der Waals surface area contributed by atoms with E-state index in [9.17, 15) is 0 Å². The Labute approximate surface area is 104 Å². The SMILES string of the molecule is COc1ccc(Cl)cc1-c1nc(C)cc(N)n1. The maximum Gasteiger partial charge on any atom is 0.165 e. The summed E-state index contributed by atoms with van der Waals surface area (Å²) in [6, 6.07) is 7.00. The number of ether oxygens (including phenoxy) is 1. The lowest BCUT2D eigenvalue weighted by Gasteiger charge is -2.08. The van der Waals surface area contributed by atoms with Gasteiger partial charge in [0, 0.05) is 16.8 Å². The smallest absolute Gasteiger partial charge is 0.165 e. The second kappa shape index (κ2) is 4.59. The zero-order valence-corrected chi connectivity index (χ0v) is 10.3. The summed E-state index contributed by atoms with van der Waals surface area (Å²) in [6.45, 7) is 1.86. The average Bonchev–Trinajstić information content (AvgIpc) is 2.27. The van der Waals surface area contributed by atoms with E-state index in [1.165, 1.54) is 0 Å². The minimum atomic E-state index is 0.425. The van der Waals surface area contributed by atoms with Gasteiger partial charge >= 0.3 is 0 Å². The Balaban J connectivity index is 2.62. The van der Waals surface area contributed by atoms with Crippen molar-refractivity contribution < 1.29 is 4.74 Å². The average molecular weight is 250 g/mol. The Hall–Kier alpha value is -1.81. The number of rotatable bonds is 2. The molecule has 0 aliphatic rings. The third-order valence-corrected chi connectivity index (χ3v) is 2.51. The van der Waals surface area contributed by atoms with Crippen molar-refractivity contribution in [3.05, 3.63) is 35.0 Å². The molecule has 2 rings (SSSR count). The molecule has 0 bridgehead atoms. The lowest BCUT2D eigenvalue weighted by molar-refractivity contribution is 0.416. The van der Waals surface area contributed by atoms with Crippen LogP contribution in [0.5, 0.6) is 5.75 Å². The number of anilines is 1. The summed E-state index contributed by atoms with van der Waals surface area (Å²) >= 11 is 5.96. The third kappa shape index (κ3) is 2.47. The fourth-order valence-corrected chi connectivity index (χ4v) is 1.74. The molecular formula is C12H12ClN3O. The second-order valence-corrected chi connectivity index (χ2v) is 4.04. The van der Waals surface area contributed by atoms with Gasteiger partial charge in [0.2, 0.25) is 0 Å². The molecule has 0 unspecified atom stereocenters. The van der Waals surface area contributed by atoms with Crippen LogP contribution in [0.1, 0.15) is 5.69 Å². The van der Waals surface area contributed by atoms with Crippen LogP contribution in [0.4, 0.5) is 5.82 Å². The summed E-state index contributed by atoms with van der Waals surface area (Å²) in [5, 5.41) is 0.601. The van der Waals surface area contributed by atoms with E-state index in [1.54, 1.807) is 31.4 Å². The highest BCUT2D eigenvalue weighted by Gasteiger charge is 2.10. The van der Waals surface area contributed by atoms with Crippen LogP contribution in [0.3, 0.4) is 0 Å². The lowest BCUT2D eigenvalue weighted by Crippen LogP contribution is -1.99. The number of nitrogens with zero attached hydrogens (tertiary/aromatic N) is 2. The van der Waals surface area contributed by atoms with Gasteiger partial charge in [-0.05, 0) is 25.1 Å². The van der Waals surface area contributed by atoms with Crippen LogP contribution in [0.15, 0.2) is 24.3 Å². The van der Waals surface area contributed by atoms with Gasteiger partial charge in [-0.3, -0.25) is 0 Å². The zero-order valence-electron chi connectivity index (χ0n) is 9.57. The molecule has 0 aliphatic carbocycles. The van der Waals surface area contributed by atoms with Crippen molar-refractivity contribution in [2.24, 2.45) is 0 Å². The van der Waals surface area contributed by atoms with Gasteiger partial charge in [-0.25, -0.2) is 9.97 Å². The Kier molecular flexibility index (Phi) is 3.15. The second-order valence-electron chi connectivity index (χ2n) is 3.60. The highest BCUT2D eigenvalue weighted by Crippen LogP contribution is 2.30. The topological polar surface area (TPSA) is 61.0 Å². The van der Waals surface area contributed by atoms with Gasteiger partial charge in [0.1, 0.15) is 11.6 Å². The maximum atomic E-state index is 5.96. The van der Waals surface area contributed by atoms with Gasteiger partial charge < -0.3 is 10.5 Å². The molecule has 1 heterocycles. The van der Waals surface area contributed by atoms with Gasteiger partial charge in [-0.1, -0.05) is 11.6 Å². The number of benzene rings is 1. The first-order valence-electron chi connectivity index (χ1n) is 5.05. The van der Waals surface area contributed by atoms with Crippen molar-refractivity contribution in [3.63, 3.8) is 0 Å². The Morgan fingerprint density at radius 2 is 2.00 bits per heavy atom. The standard InChI is InChI=1S/C12H12ClN3O/c1-7-5-11(14)16-12(15-7)9-6-8(13)3-4-10(9)17-2/h3-6H,1-2H3,(H2,14,15,16). The molecule has 17 heavy (non-hydrogen) atoms. The van der Waals surface area contributed by atoms with Crippen molar-refractivity contribution in [3.8, 4) is 17.1 Å². The number of nitrogens with two attached hydrogens (primary N) is 1.